The summed E-state index contributed by atoms with van der Waals surface area (Å²) in [5.41, 5.74) is 0. The van der Waals surface area contributed by atoms with E-state index < -0.39 is 0 Å². The average Bonchev–Trinajstić information content (AvgIpc) is 2.55. The lowest BCUT2D eigenvalue weighted by Gasteiger charge is -2.08. The highest BCUT2D eigenvalue weighted by Crippen LogP contribution is 2.34. The lowest BCUT2D eigenvalue weighted by Crippen LogP contribution is -2.38. The van der Waals surface area contributed by atoms with E-state index in [1.807, 2.05) is 42.7 Å². The number of hydrogen-bond acceptors (Lipinski definition) is 1. The zero-order chi connectivity index (χ0) is 14.1. The van der Waals surface area contributed by atoms with Crippen LogP contribution in [0, 0.1) is 0 Å². The molecule has 0 saturated carbocycles. The van der Waals surface area contributed by atoms with Crippen molar-refractivity contribution in [3.8, 4) is 5.75 Å². The summed E-state index contributed by atoms with van der Waals surface area (Å²) < 4.78 is 1.73. The Labute approximate surface area is 122 Å². The van der Waals surface area contributed by atoms with Crippen molar-refractivity contribution < 1.29 is 9.57 Å². The Kier molecular flexibility index (Phi) is 2.79. The van der Waals surface area contributed by atoms with Crippen LogP contribution in [0.5, 0.6) is 5.75 Å². The van der Waals surface area contributed by atoms with Gasteiger partial charge in [0.2, 0.25) is 18.1 Å². The number of hydrogen-bond donors (Lipinski definition) is 0. The minimum Gasteiger partial charge on any atom is -0.230 e. The lowest BCUT2D eigenvalue weighted by molar-refractivity contribution is -0.874. The molecule has 0 bridgehead atoms. The average molecular weight is 272 g/mol. The summed E-state index contributed by atoms with van der Waals surface area (Å²) in [6, 6.07) is 24.7. The highest BCUT2D eigenvalue weighted by atomic mass is 16.7. The van der Waals surface area contributed by atoms with E-state index >= 15 is 0 Å². The molecule has 2 nitrogen and oxygen atoms in total. The number of rotatable bonds is 2. The Morgan fingerprint density at radius 1 is 0.619 bits per heavy atom. The molecule has 0 aliphatic carbocycles. The third-order valence-electron chi connectivity index (χ3n) is 3.61. The molecular formula is C19H14NO+. The van der Waals surface area contributed by atoms with Gasteiger partial charge in [-0.05, 0) is 16.8 Å². The van der Waals surface area contributed by atoms with E-state index in [1.165, 1.54) is 10.8 Å². The standard InChI is InChI=1S/C19H14NO/c1-6-12-20(13-7-1)21-19-17-10-4-2-8-15(17)14-16-9-3-5-11-18(16)19/h1-14H/q+1. The zero-order valence-electron chi connectivity index (χ0n) is 11.4. The van der Waals surface area contributed by atoms with Crippen LogP contribution >= 0.6 is 0 Å². The first-order valence-electron chi connectivity index (χ1n) is 6.97. The van der Waals surface area contributed by atoms with Crippen LogP contribution in [-0.4, -0.2) is 0 Å². The topological polar surface area (TPSA) is 13.1 Å². The summed E-state index contributed by atoms with van der Waals surface area (Å²) >= 11 is 0. The molecule has 1 heterocycles. The fraction of sp³-hybridized carbons (Fsp3) is 0. The van der Waals surface area contributed by atoms with Crippen molar-refractivity contribution >= 4 is 21.5 Å². The second-order valence-corrected chi connectivity index (χ2v) is 4.97. The summed E-state index contributed by atoms with van der Waals surface area (Å²) in [4.78, 5) is 6.12. The van der Waals surface area contributed by atoms with Crippen LogP contribution in [-0.2, 0) is 0 Å². The Balaban J connectivity index is 2.02. The van der Waals surface area contributed by atoms with Gasteiger partial charge < -0.3 is 0 Å². The van der Waals surface area contributed by atoms with E-state index in [0.29, 0.717) is 0 Å². The monoisotopic (exact) mass is 272 g/mol. The molecular weight excluding hydrogens is 258 g/mol. The van der Waals surface area contributed by atoms with Crippen LogP contribution in [0.15, 0.2) is 85.2 Å². The maximum absolute atomic E-state index is 6.12. The van der Waals surface area contributed by atoms with Crippen LogP contribution in [0.2, 0.25) is 0 Å². The summed E-state index contributed by atoms with van der Waals surface area (Å²) in [5.74, 6) is 0.889. The van der Waals surface area contributed by atoms with Crippen molar-refractivity contribution in [1.82, 2.24) is 0 Å². The second kappa shape index (κ2) is 4.91. The highest BCUT2D eigenvalue weighted by Gasteiger charge is 2.13. The van der Waals surface area contributed by atoms with Gasteiger partial charge in [-0.25, -0.2) is 4.84 Å². The quantitative estimate of drug-likeness (QED) is 0.395. The van der Waals surface area contributed by atoms with Gasteiger partial charge in [-0.3, -0.25) is 0 Å². The normalized spacial score (nSPS) is 10.9. The van der Waals surface area contributed by atoms with Crippen LogP contribution in [0.25, 0.3) is 21.5 Å². The Morgan fingerprint density at radius 3 is 1.81 bits per heavy atom. The molecule has 0 atom stereocenters. The maximum atomic E-state index is 6.12. The molecule has 2 heteroatoms. The smallest absolute Gasteiger partial charge is 0.223 e. The molecule has 4 aromatic rings. The Bertz CT molecular complexity index is 862. The number of pyridine rings is 1. The summed E-state index contributed by atoms with van der Waals surface area (Å²) in [6.07, 6.45) is 3.80. The van der Waals surface area contributed by atoms with Gasteiger partial charge in [0.15, 0.2) is 0 Å². The molecule has 0 unspecified atom stereocenters. The summed E-state index contributed by atoms with van der Waals surface area (Å²) in [5, 5.41) is 4.60. The molecule has 0 saturated heterocycles. The zero-order valence-corrected chi connectivity index (χ0v) is 11.4. The van der Waals surface area contributed by atoms with Crippen molar-refractivity contribution in [2.75, 3.05) is 0 Å². The number of benzene rings is 3. The van der Waals surface area contributed by atoms with Crippen molar-refractivity contribution in [2.45, 2.75) is 0 Å². The molecule has 0 aliphatic heterocycles. The second-order valence-electron chi connectivity index (χ2n) is 4.97. The van der Waals surface area contributed by atoms with Crippen LogP contribution < -0.4 is 9.57 Å². The predicted molar refractivity (Wildman–Crippen MR) is 84.1 cm³/mol. The summed E-state index contributed by atoms with van der Waals surface area (Å²) in [6.45, 7) is 0. The Morgan fingerprint density at radius 2 is 1.19 bits per heavy atom. The minimum atomic E-state index is 0.889. The Hall–Kier alpha value is -2.87. The van der Waals surface area contributed by atoms with Gasteiger partial charge in [-0.15, -0.1) is 0 Å². The van der Waals surface area contributed by atoms with Gasteiger partial charge in [0.05, 0.1) is 0 Å². The molecule has 0 spiro atoms. The first-order chi connectivity index (χ1) is 10.4. The van der Waals surface area contributed by atoms with E-state index in [0.717, 1.165) is 16.5 Å². The van der Waals surface area contributed by atoms with Gasteiger partial charge in [0.25, 0.3) is 0 Å². The predicted octanol–water partition coefficient (Wildman–Crippen LogP) is 4.12. The third kappa shape index (κ3) is 2.11. The van der Waals surface area contributed by atoms with Crippen molar-refractivity contribution in [3.63, 3.8) is 0 Å². The molecule has 21 heavy (non-hydrogen) atoms. The molecule has 0 amide bonds. The van der Waals surface area contributed by atoms with Gasteiger partial charge in [-0.2, -0.15) is 0 Å². The van der Waals surface area contributed by atoms with Crippen molar-refractivity contribution in [2.24, 2.45) is 0 Å². The van der Waals surface area contributed by atoms with Gasteiger partial charge >= 0.3 is 0 Å². The molecule has 1 aromatic heterocycles. The molecule has 100 valence electrons. The SMILES string of the molecule is c1cc[n+](Oc2c3ccccc3cc3ccccc23)cc1. The number of nitrogens with zero attached hydrogens (tertiary/aromatic N) is 1. The molecule has 3 aromatic carbocycles. The van der Waals surface area contributed by atoms with E-state index in [2.05, 4.69) is 42.5 Å². The fourth-order valence-corrected chi connectivity index (χ4v) is 2.62. The molecule has 0 aliphatic rings. The van der Waals surface area contributed by atoms with Crippen LogP contribution in [0.3, 0.4) is 0 Å². The molecule has 0 radical (unpaired) electrons. The summed E-state index contributed by atoms with van der Waals surface area (Å²) in [7, 11) is 0. The van der Waals surface area contributed by atoms with Crippen LogP contribution in [0.4, 0.5) is 0 Å². The van der Waals surface area contributed by atoms with E-state index in [1.54, 1.807) is 4.73 Å². The fourth-order valence-electron chi connectivity index (χ4n) is 2.62. The first kappa shape index (κ1) is 11.9. The maximum Gasteiger partial charge on any atom is 0.223 e. The van der Waals surface area contributed by atoms with Crippen LogP contribution in [0.1, 0.15) is 0 Å². The van der Waals surface area contributed by atoms with E-state index in [9.17, 15) is 0 Å². The number of aromatic nitrogens is 1. The van der Waals surface area contributed by atoms with E-state index in [-0.39, 0.29) is 0 Å². The van der Waals surface area contributed by atoms with Gasteiger partial charge in [0, 0.05) is 27.6 Å². The van der Waals surface area contributed by atoms with Gasteiger partial charge in [-0.1, -0.05) is 54.6 Å². The third-order valence-corrected chi connectivity index (χ3v) is 3.61. The number of fused-ring (bicyclic) bond motifs is 2. The minimum absolute atomic E-state index is 0.889. The lowest BCUT2D eigenvalue weighted by atomic mass is 10.0. The first-order valence-corrected chi connectivity index (χ1v) is 6.97. The largest absolute Gasteiger partial charge is 0.230 e. The van der Waals surface area contributed by atoms with E-state index in [4.69, 9.17) is 4.84 Å². The van der Waals surface area contributed by atoms with Crippen molar-refractivity contribution in [1.29, 1.82) is 0 Å². The van der Waals surface area contributed by atoms with Crippen molar-refractivity contribution in [3.05, 3.63) is 85.2 Å². The molecule has 4 rings (SSSR count). The molecule has 0 N–H and O–H groups in total. The highest BCUT2D eigenvalue weighted by molar-refractivity contribution is 6.05. The van der Waals surface area contributed by atoms with Gasteiger partial charge in [0.1, 0.15) is 0 Å². The molecule has 0 fully saturated rings.